The van der Waals surface area contributed by atoms with Crippen LogP contribution in [0.3, 0.4) is 0 Å². The molecular weight excluding hydrogens is 366 g/mol. The van der Waals surface area contributed by atoms with Gasteiger partial charge in [0.05, 0.1) is 6.61 Å². The lowest BCUT2D eigenvalue weighted by atomic mass is 9.59. The molecule has 29 heavy (non-hydrogen) atoms. The lowest BCUT2D eigenvalue weighted by molar-refractivity contribution is -0.00946. The molecule has 5 heteroatoms. The van der Waals surface area contributed by atoms with E-state index in [1.54, 1.807) is 7.11 Å². The van der Waals surface area contributed by atoms with Crippen LogP contribution in [-0.4, -0.2) is 28.7 Å². The number of carbonyl (C=O) groups excluding carboxylic acids is 1. The number of fused-ring (bicyclic) bond motifs is 3. The number of allylic oxidation sites excluding steroid dienone is 3. The molecule has 152 valence electrons. The van der Waals surface area contributed by atoms with E-state index in [0.717, 1.165) is 16.7 Å². The molecule has 0 aliphatic heterocycles. The number of hydrogen-bond donors (Lipinski definition) is 3. The number of hydrogen-bond acceptors (Lipinski definition) is 5. The van der Waals surface area contributed by atoms with Crippen LogP contribution in [0.1, 0.15) is 39.9 Å². The fourth-order valence-corrected chi connectivity index (χ4v) is 5.30. The highest BCUT2D eigenvalue weighted by atomic mass is 16.5. The van der Waals surface area contributed by atoms with Gasteiger partial charge in [-0.15, -0.1) is 0 Å². The number of nitrogens with two attached hydrogens (primary N) is 1. The Morgan fingerprint density at radius 2 is 2.14 bits per heavy atom. The monoisotopic (exact) mass is 393 g/mol. The van der Waals surface area contributed by atoms with Crippen LogP contribution in [0.4, 0.5) is 0 Å². The Morgan fingerprint density at radius 3 is 2.79 bits per heavy atom. The summed E-state index contributed by atoms with van der Waals surface area (Å²) in [7, 11) is 1.64. The minimum absolute atomic E-state index is 0.151. The summed E-state index contributed by atoms with van der Waals surface area (Å²) in [5.41, 5.74) is 9.09. The van der Waals surface area contributed by atoms with Gasteiger partial charge in [0, 0.05) is 29.9 Å². The maximum absolute atomic E-state index is 13.5. The summed E-state index contributed by atoms with van der Waals surface area (Å²) in [5, 5.41) is 22.8. The first kappa shape index (κ1) is 19.7. The summed E-state index contributed by atoms with van der Waals surface area (Å²) in [4.78, 5) is 13.5. The molecule has 3 atom stereocenters. The number of benzene rings is 1. The fraction of sp³-hybridized carbons (Fsp3) is 0.375. The Balaban J connectivity index is 1.88. The number of aliphatic hydroxyl groups is 2. The topological polar surface area (TPSA) is 92.8 Å². The van der Waals surface area contributed by atoms with Crippen molar-refractivity contribution in [1.82, 2.24) is 0 Å². The third-order valence-corrected chi connectivity index (χ3v) is 6.76. The predicted octanol–water partition coefficient (Wildman–Crippen LogP) is 3.42. The summed E-state index contributed by atoms with van der Waals surface area (Å²) < 4.78 is 5.32. The lowest BCUT2D eigenvalue weighted by Gasteiger charge is -2.48. The second-order valence-corrected chi connectivity index (χ2v) is 8.38. The summed E-state index contributed by atoms with van der Waals surface area (Å²) >= 11 is 0. The first-order valence-electron chi connectivity index (χ1n) is 9.87. The van der Waals surface area contributed by atoms with E-state index in [2.05, 4.69) is 13.2 Å². The molecule has 1 aromatic carbocycles. The van der Waals surface area contributed by atoms with Gasteiger partial charge in [-0.1, -0.05) is 31.4 Å². The third-order valence-electron chi connectivity index (χ3n) is 6.76. The van der Waals surface area contributed by atoms with Crippen molar-refractivity contribution >= 4 is 5.78 Å². The third kappa shape index (κ3) is 2.65. The molecule has 5 nitrogen and oxygen atoms in total. The van der Waals surface area contributed by atoms with Gasteiger partial charge < -0.3 is 20.7 Å². The molecule has 1 unspecified atom stereocenters. The summed E-state index contributed by atoms with van der Waals surface area (Å²) in [6.45, 7) is 10.1. The molecule has 4 N–H and O–H groups in total. The van der Waals surface area contributed by atoms with Crippen LogP contribution in [0.15, 0.2) is 59.5 Å². The molecule has 0 radical (unpaired) electrons. The molecule has 1 aromatic rings. The van der Waals surface area contributed by atoms with E-state index in [1.807, 2.05) is 25.1 Å². The zero-order valence-electron chi connectivity index (χ0n) is 16.9. The van der Waals surface area contributed by atoms with E-state index in [1.165, 1.54) is 0 Å². The van der Waals surface area contributed by atoms with Gasteiger partial charge in [-0.05, 0) is 59.9 Å². The number of rotatable bonds is 3. The second kappa shape index (κ2) is 6.71. The molecule has 0 saturated carbocycles. The molecule has 0 saturated heterocycles. The smallest absolute Gasteiger partial charge is 0.193 e. The van der Waals surface area contributed by atoms with Gasteiger partial charge >= 0.3 is 0 Å². The van der Waals surface area contributed by atoms with E-state index in [9.17, 15) is 15.0 Å². The van der Waals surface area contributed by atoms with Crippen molar-refractivity contribution in [3.8, 4) is 0 Å². The lowest BCUT2D eigenvalue weighted by Crippen LogP contribution is -2.51. The minimum atomic E-state index is -1.69. The Hall–Kier alpha value is -2.63. The molecule has 0 aromatic heterocycles. The fourth-order valence-electron chi connectivity index (χ4n) is 5.30. The van der Waals surface area contributed by atoms with Crippen molar-refractivity contribution in [3.05, 3.63) is 81.8 Å². The highest BCUT2D eigenvalue weighted by Crippen LogP contribution is 2.53. The molecular formula is C24H27NO4. The van der Waals surface area contributed by atoms with E-state index < -0.39 is 5.60 Å². The molecule has 0 amide bonds. The molecule has 0 heterocycles. The summed E-state index contributed by atoms with van der Waals surface area (Å²) in [6, 6.07) is 3.91. The Kier molecular flexibility index (Phi) is 4.56. The molecule has 3 aliphatic rings. The minimum Gasteiger partial charge on any atom is -0.508 e. The van der Waals surface area contributed by atoms with Crippen molar-refractivity contribution in [2.45, 2.75) is 38.4 Å². The van der Waals surface area contributed by atoms with Crippen LogP contribution in [-0.2, 0) is 17.8 Å². The van der Waals surface area contributed by atoms with E-state index in [0.29, 0.717) is 53.8 Å². The van der Waals surface area contributed by atoms with Crippen LogP contribution in [0, 0.1) is 18.8 Å². The average molecular weight is 393 g/mol. The number of aliphatic hydroxyl groups excluding tert-OH is 1. The number of ether oxygens (including phenoxy) is 1. The number of aryl methyl sites for hydroxylation is 1. The molecule has 3 aliphatic carbocycles. The van der Waals surface area contributed by atoms with E-state index in [4.69, 9.17) is 10.5 Å². The Bertz CT molecular complexity index is 1020. The maximum Gasteiger partial charge on any atom is 0.193 e. The summed E-state index contributed by atoms with van der Waals surface area (Å²) in [6.07, 6.45) is 3.68. The highest BCUT2D eigenvalue weighted by Gasteiger charge is 2.54. The number of Topliss-reactive ketones (excluding diaryl/α,β-unsaturated/α-hetero) is 1. The highest BCUT2D eigenvalue weighted by molar-refractivity contribution is 6.13. The number of methoxy groups -OCH3 is 1. The van der Waals surface area contributed by atoms with Crippen molar-refractivity contribution in [1.29, 1.82) is 0 Å². The zero-order chi connectivity index (χ0) is 21.1. The first-order valence-corrected chi connectivity index (χ1v) is 9.87. The standard InChI is InChI=1S/C24H27NO4/c1-12-5-6-15(11-29-4)19-10-16-9-17-7-8-18(14(3)25)13(2)24(17,28)23(27)21(16)22(26)20(12)19/h5-6,8,16-17,27-28H,2-3,7,9-11,25H2,1,4H3/t16-,17?,24+/m1/s1. The van der Waals surface area contributed by atoms with Crippen LogP contribution in [0.5, 0.6) is 0 Å². The van der Waals surface area contributed by atoms with Crippen LogP contribution in [0.2, 0.25) is 0 Å². The zero-order valence-corrected chi connectivity index (χ0v) is 16.9. The van der Waals surface area contributed by atoms with E-state index >= 15 is 0 Å². The van der Waals surface area contributed by atoms with Gasteiger partial charge in [-0.3, -0.25) is 4.79 Å². The second-order valence-electron chi connectivity index (χ2n) is 8.38. The van der Waals surface area contributed by atoms with Crippen molar-refractivity contribution in [3.63, 3.8) is 0 Å². The van der Waals surface area contributed by atoms with Crippen LogP contribution < -0.4 is 5.73 Å². The Morgan fingerprint density at radius 1 is 1.41 bits per heavy atom. The quantitative estimate of drug-likeness (QED) is 0.732. The van der Waals surface area contributed by atoms with Gasteiger partial charge in [0.25, 0.3) is 0 Å². The molecule has 0 fully saturated rings. The van der Waals surface area contributed by atoms with Gasteiger partial charge in [0.1, 0.15) is 11.4 Å². The van der Waals surface area contributed by atoms with Crippen molar-refractivity contribution < 1.29 is 19.7 Å². The van der Waals surface area contributed by atoms with Gasteiger partial charge in [-0.2, -0.15) is 0 Å². The largest absolute Gasteiger partial charge is 0.508 e. The molecule has 0 bridgehead atoms. The van der Waals surface area contributed by atoms with Crippen LogP contribution >= 0.6 is 0 Å². The maximum atomic E-state index is 13.5. The van der Waals surface area contributed by atoms with Gasteiger partial charge in [-0.25, -0.2) is 0 Å². The van der Waals surface area contributed by atoms with E-state index in [-0.39, 0.29) is 23.4 Å². The Labute approximate surface area is 170 Å². The molecule has 0 spiro atoms. The predicted molar refractivity (Wildman–Crippen MR) is 111 cm³/mol. The number of carbonyl (C=O) groups is 1. The van der Waals surface area contributed by atoms with Crippen molar-refractivity contribution in [2.75, 3.05) is 7.11 Å². The normalized spacial score (nSPS) is 28.4. The first-order chi connectivity index (χ1) is 13.7. The van der Waals surface area contributed by atoms with Gasteiger partial charge in [0.2, 0.25) is 0 Å². The van der Waals surface area contributed by atoms with Gasteiger partial charge in [0.15, 0.2) is 5.78 Å². The number of ketones is 1. The SMILES string of the molecule is C=C(N)C1=CCC2C[C@@H]3Cc4c(COC)ccc(C)c4C(=O)C3=C(O)[C@]2(O)C1=C. The van der Waals surface area contributed by atoms with Crippen molar-refractivity contribution in [2.24, 2.45) is 17.6 Å². The van der Waals surface area contributed by atoms with Crippen LogP contribution in [0.25, 0.3) is 0 Å². The summed E-state index contributed by atoms with van der Waals surface area (Å²) in [5.74, 6) is -0.909. The average Bonchev–Trinajstić information content (AvgIpc) is 2.66. The molecule has 4 rings (SSSR count).